The number of thiophene rings is 1. The zero-order chi connectivity index (χ0) is 13.1. The summed E-state index contributed by atoms with van der Waals surface area (Å²) in [6, 6.07) is 1.90. The van der Waals surface area contributed by atoms with Gasteiger partial charge < -0.3 is 5.32 Å². The Balaban J connectivity index is 2.10. The lowest BCUT2D eigenvalue weighted by atomic mass is 10.2. The van der Waals surface area contributed by atoms with Crippen LogP contribution in [0, 0.1) is 6.92 Å². The lowest BCUT2D eigenvalue weighted by molar-refractivity contribution is 0.0939. The molecule has 2 heterocycles. The Kier molecular flexibility index (Phi) is 4.53. The highest BCUT2D eigenvalue weighted by atomic mass is 79.9. The van der Waals surface area contributed by atoms with Crippen LogP contribution in [0.4, 0.5) is 0 Å². The predicted octanol–water partition coefficient (Wildman–Crippen LogP) is 4.16. The van der Waals surface area contributed by atoms with Gasteiger partial charge >= 0.3 is 0 Å². The van der Waals surface area contributed by atoms with Crippen LogP contribution in [0.3, 0.4) is 0 Å². The number of amides is 1. The quantitative estimate of drug-likeness (QED) is 0.904. The minimum Gasteiger partial charge on any atom is -0.342 e. The van der Waals surface area contributed by atoms with Gasteiger partial charge in [-0.25, -0.2) is 4.98 Å². The molecule has 3 nitrogen and oxygen atoms in total. The van der Waals surface area contributed by atoms with E-state index >= 15 is 0 Å². The Bertz CT molecular complexity index is 517. The van der Waals surface area contributed by atoms with Gasteiger partial charge in [0.25, 0.3) is 5.91 Å². The molecular weight excluding hydrogens is 332 g/mol. The maximum atomic E-state index is 12.1. The molecule has 0 aliphatic heterocycles. The molecule has 0 fully saturated rings. The number of carbonyl (C=O) groups excluding carboxylic acids is 1. The van der Waals surface area contributed by atoms with Crippen molar-refractivity contribution in [2.45, 2.75) is 26.3 Å². The number of nitrogens with one attached hydrogen (secondary N) is 1. The average Bonchev–Trinajstić information content (AvgIpc) is 2.97. The fourth-order valence-corrected chi connectivity index (χ4v) is 3.76. The van der Waals surface area contributed by atoms with E-state index in [1.165, 1.54) is 11.3 Å². The average molecular weight is 345 g/mol. The largest absolute Gasteiger partial charge is 0.342 e. The number of nitrogens with zero attached hydrogens (tertiary/aromatic N) is 1. The molecule has 0 aromatic carbocycles. The molecule has 0 saturated carbocycles. The van der Waals surface area contributed by atoms with Gasteiger partial charge in [-0.05, 0) is 40.9 Å². The maximum Gasteiger partial charge on any atom is 0.261 e. The van der Waals surface area contributed by atoms with Gasteiger partial charge in [0.15, 0.2) is 0 Å². The first-order chi connectivity index (χ1) is 8.61. The van der Waals surface area contributed by atoms with Crippen LogP contribution in [-0.2, 0) is 0 Å². The van der Waals surface area contributed by atoms with Gasteiger partial charge in [0.1, 0.15) is 5.01 Å². The minimum absolute atomic E-state index is 0.00122. The molecule has 0 aliphatic carbocycles. The number of rotatable bonds is 4. The van der Waals surface area contributed by atoms with E-state index in [9.17, 15) is 4.79 Å². The van der Waals surface area contributed by atoms with Gasteiger partial charge in [-0.15, -0.1) is 22.7 Å². The Labute approximate surface area is 122 Å². The summed E-state index contributed by atoms with van der Waals surface area (Å²) in [5.41, 5.74) is 1.09. The Morgan fingerprint density at radius 1 is 1.61 bits per heavy atom. The molecule has 0 saturated heterocycles. The van der Waals surface area contributed by atoms with Crippen LogP contribution in [0.2, 0.25) is 0 Å². The smallest absolute Gasteiger partial charge is 0.261 e. The Morgan fingerprint density at radius 2 is 2.39 bits per heavy atom. The monoisotopic (exact) mass is 344 g/mol. The molecule has 1 amide bonds. The van der Waals surface area contributed by atoms with E-state index in [-0.39, 0.29) is 11.9 Å². The van der Waals surface area contributed by atoms with Crippen molar-refractivity contribution in [3.8, 4) is 0 Å². The summed E-state index contributed by atoms with van der Waals surface area (Å²) in [4.78, 5) is 17.1. The summed E-state index contributed by atoms with van der Waals surface area (Å²) in [6.07, 6.45) is 2.60. The van der Waals surface area contributed by atoms with E-state index in [1.807, 2.05) is 25.3 Å². The third-order valence-corrected chi connectivity index (χ3v) is 5.57. The van der Waals surface area contributed by atoms with Gasteiger partial charge in [0.05, 0.1) is 14.7 Å². The highest BCUT2D eigenvalue weighted by Crippen LogP contribution is 2.28. The van der Waals surface area contributed by atoms with Crippen LogP contribution in [0.5, 0.6) is 0 Å². The van der Waals surface area contributed by atoms with E-state index in [4.69, 9.17) is 0 Å². The van der Waals surface area contributed by atoms with Gasteiger partial charge in [0.2, 0.25) is 0 Å². The number of thiazole rings is 1. The maximum absolute atomic E-state index is 12.1. The number of carbonyl (C=O) groups is 1. The number of hydrogen-bond acceptors (Lipinski definition) is 4. The van der Waals surface area contributed by atoms with Crippen molar-refractivity contribution in [2.24, 2.45) is 0 Å². The van der Waals surface area contributed by atoms with Crippen LogP contribution < -0.4 is 5.32 Å². The van der Waals surface area contributed by atoms with E-state index in [1.54, 1.807) is 17.5 Å². The minimum atomic E-state index is -0.0316. The van der Waals surface area contributed by atoms with Crippen molar-refractivity contribution < 1.29 is 4.79 Å². The predicted molar refractivity (Wildman–Crippen MR) is 79.4 cm³/mol. The highest BCUT2D eigenvalue weighted by Gasteiger charge is 2.18. The second-order valence-corrected chi connectivity index (χ2v) is 7.17. The molecule has 2 aromatic rings. The van der Waals surface area contributed by atoms with Crippen LogP contribution in [0.25, 0.3) is 0 Å². The number of aromatic nitrogens is 1. The van der Waals surface area contributed by atoms with Crippen molar-refractivity contribution in [2.75, 3.05) is 0 Å². The number of hydrogen-bond donors (Lipinski definition) is 1. The molecule has 0 radical (unpaired) electrons. The van der Waals surface area contributed by atoms with Crippen molar-refractivity contribution in [1.29, 1.82) is 0 Å². The van der Waals surface area contributed by atoms with Gasteiger partial charge in [-0.1, -0.05) is 6.92 Å². The van der Waals surface area contributed by atoms with E-state index in [2.05, 4.69) is 26.2 Å². The molecule has 1 unspecified atom stereocenters. The Hall–Kier alpha value is -0.720. The first-order valence-corrected chi connectivity index (χ1v) is 8.07. The molecule has 6 heteroatoms. The van der Waals surface area contributed by atoms with Gasteiger partial charge in [0, 0.05) is 11.6 Å². The molecule has 96 valence electrons. The topological polar surface area (TPSA) is 42.0 Å². The van der Waals surface area contributed by atoms with E-state index in [0.29, 0.717) is 0 Å². The summed E-state index contributed by atoms with van der Waals surface area (Å²) in [5, 5.41) is 5.91. The summed E-state index contributed by atoms with van der Waals surface area (Å²) >= 11 is 6.46. The summed E-state index contributed by atoms with van der Waals surface area (Å²) < 4.78 is 1.01. The van der Waals surface area contributed by atoms with Gasteiger partial charge in [-0.2, -0.15) is 0 Å². The standard InChI is InChI=1S/C12H13BrN2OS2/c1-3-8(12-14-4-5-17-12)15-11(16)9-6-7(2)10(13)18-9/h4-6,8H,3H2,1-2H3,(H,15,16). The second kappa shape index (κ2) is 5.95. The SMILES string of the molecule is CCC(NC(=O)c1cc(C)c(Br)s1)c1nccs1. The molecule has 1 atom stereocenters. The van der Waals surface area contributed by atoms with Crippen LogP contribution in [0.1, 0.15) is 39.6 Å². The van der Waals surface area contributed by atoms with Crippen molar-refractivity contribution in [3.63, 3.8) is 0 Å². The molecule has 0 aliphatic rings. The zero-order valence-electron chi connectivity index (χ0n) is 10.1. The van der Waals surface area contributed by atoms with Crippen LogP contribution >= 0.6 is 38.6 Å². The molecule has 2 rings (SSSR count). The lowest BCUT2D eigenvalue weighted by Gasteiger charge is -2.13. The first-order valence-electron chi connectivity index (χ1n) is 5.58. The fraction of sp³-hybridized carbons (Fsp3) is 0.333. The second-order valence-electron chi connectivity index (χ2n) is 3.87. The number of aryl methyl sites for hydroxylation is 1. The van der Waals surface area contributed by atoms with Crippen LogP contribution in [0.15, 0.2) is 21.4 Å². The summed E-state index contributed by atoms with van der Waals surface area (Å²) in [6.45, 7) is 4.03. The normalized spacial score (nSPS) is 12.4. The summed E-state index contributed by atoms with van der Waals surface area (Å²) in [7, 11) is 0. The first kappa shape index (κ1) is 13.7. The van der Waals surface area contributed by atoms with Crippen molar-refractivity contribution in [3.05, 3.63) is 36.9 Å². The fourth-order valence-electron chi connectivity index (χ4n) is 1.55. The van der Waals surface area contributed by atoms with Crippen molar-refractivity contribution in [1.82, 2.24) is 10.3 Å². The summed E-state index contributed by atoms with van der Waals surface area (Å²) in [5.74, 6) is -0.0316. The lowest BCUT2D eigenvalue weighted by Crippen LogP contribution is -2.27. The number of halogens is 1. The molecule has 18 heavy (non-hydrogen) atoms. The third kappa shape index (κ3) is 2.99. The highest BCUT2D eigenvalue weighted by molar-refractivity contribution is 9.11. The van der Waals surface area contributed by atoms with Crippen molar-refractivity contribution >= 4 is 44.5 Å². The Morgan fingerprint density at radius 3 is 2.89 bits per heavy atom. The van der Waals surface area contributed by atoms with E-state index in [0.717, 1.165) is 25.7 Å². The molecular formula is C12H13BrN2OS2. The third-order valence-electron chi connectivity index (χ3n) is 2.54. The molecule has 2 aromatic heterocycles. The van der Waals surface area contributed by atoms with Crippen LogP contribution in [-0.4, -0.2) is 10.9 Å². The molecule has 0 spiro atoms. The zero-order valence-corrected chi connectivity index (χ0v) is 13.3. The van der Waals surface area contributed by atoms with E-state index < -0.39 is 0 Å². The molecule has 1 N–H and O–H groups in total. The molecule has 0 bridgehead atoms. The van der Waals surface area contributed by atoms with Gasteiger partial charge in [-0.3, -0.25) is 4.79 Å².